The highest BCUT2D eigenvalue weighted by Crippen LogP contribution is 2.08. The predicted octanol–water partition coefficient (Wildman–Crippen LogP) is 1.83. The first kappa shape index (κ1) is 17.1. The lowest BCUT2D eigenvalue weighted by molar-refractivity contribution is -0.136. The Balaban J connectivity index is 1.79. The molecular formula is C17H16FN3O3. The third-order valence-electron chi connectivity index (χ3n) is 3.05. The summed E-state index contributed by atoms with van der Waals surface area (Å²) in [4.78, 5) is 35.0. The molecule has 2 aromatic carbocycles. The van der Waals surface area contributed by atoms with Gasteiger partial charge in [0.05, 0.1) is 6.54 Å². The minimum absolute atomic E-state index is 0.377. The van der Waals surface area contributed by atoms with Gasteiger partial charge in [0.2, 0.25) is 5.91 Å². The quantitative estimate of drug-likeness (QED) is 0.748. The fourth-order valence-electron chi connectivity index (χ4n) is 1.80. The van der Waals surface area contributed by atoms with Crippen LogP contribution in [-0.4, -0.2) is 24.3 Å². The second-order valence-electron chi connectivity index (χ2n) is 5.06. The van der Waals surface area contributed by atoms with Gasteiger partial charge in [-0.25, -0.2) is 4.39 Å². The van der Waals surface area contributed by atoms with Crippen molar-refractivity contribution in [3.05, 3.63) is 59.9 Å². The van der Waals surface area contributed by atoms with Gasteiger partial charge in [0.15, 0.2) is 0 Å². The molecule has 0 radical (unpaired) electrons. The van der Waals surface area contributed by atoms with Crippen molar-refractivity contribution >= 4 is 29.1 Å². The normalized spacial score (nSPS) is 9.92. The van der Waals surface area contributed by atoms with Crippen molar-refractivity contribution in [1.82, 2.24) is 5.32 Å². The molecule has 0 spiro atoms. The van der Waals surface area contributed by atoms with Crippen LogP contribution in [0.3, 0.4) is 0 Å². The summed E-state index contributed by atoms with van der Waals surface area (Å²) in [6, 6.07) is 12.1. The molecule has 2 rings (SSSR count). The number of amides is 3. The molecule has 0 saturated heterocycles. The van der Waals surface area contributed by atoms with E-state index in [9.17, 15) is 18.8 Å². The molecule has 0 fully saturated rings. The molecule has 6 nitrogen and oxygen atoms in total. The van der Waals surface area contributed by atoms with Gasteiger partial charge in [0.1, 0.15) is 5.82 Å². The Bertz CT molecular complexity index is 743. The van der Waals surface area contributed by atoms with Gasteiger partial charge in [-0.2, -0.15) is 0 Å². The van der Waals surface area contributed by atoms with Gasteiger partial charge in [0.25, 0.3) is 0 Å². The Labute approximate surface area is 138 Å². The topological polar surface area (TPSA) is 87.3 Å². The average molecular weight is 329 g/mol. The van der Waals surface area contributed by atoms with Gasteiger partial charge in [-0.3, -0.25) is 14.4 Å². The van der Waals surface area contributed by atoms with Crippen LogP contribution in [0.5, 0.6) is 0 Å². The van der Waals surface area contributed by atoms with Gasteiger partial charge in [0, 0.05) is 11.4 Å². The molecule has 0 saturated carbocycles. The van der Waals surface area contributed by atoms with Crippen molar-refractivity contribution in [2.24, 2.45) is 0 Å². The highest BCUT2D eigenvalue weighted by Gasteiger charge is 2.14. The fraction of sp³-hybridized carbons (Fsp3) is 0.118. The number of hydrogen-bond acceptors (Lipinski definition) is 3. The predicted molar refractivity (Wildman–Crippen MR) is 87.8 cm³/mol. The largest absolute Gasteiger partial charge is 0.339 e. The lowest BCUT2D eigenvalue weighted by Crippen LogP contribution is -2.39. The molecule has 0 aromatic heterocycles. The van der Waals surface area contributed by atoms with E-state index in [0.29, 0.717) is 11.4 Å². The van der Waals surface area contributed by atoms with Crippen LogP contribution in [-0.2, 0) is 14.4 Å². The molecule has 2 aromatic rings. The number of nitrogens with one attached hydrogen (secondary N) is 3. The van der Waals surface area contributed by atoms with E-state index in [4.69, 9.17) is 0 Å². The zero-order chi connectivity index (χ0) is 17.5. The second kappa shape index (κ2) is 7.87. The maximum atomic E-state index is 12.8. The Morgan fingerprint density at radius 2 is 1.38 bits per heavy atom. The molecule has 0 heterocycles. The first-order valence-corrected chi connectivity index (χ1v) is 7.15. The van der Waals surface area contributed by atoms with Crippen LogP contribution >= 0.6 is 0 Å². The number of aryl methyl sites for hydroxylation is 1. The molecular weight excluding hydrogens is 313 g/mol. The highest BCUT2D eigenvalue weighted by atomic mass is 19.1. The van der Waals surface area contributed by atoms with E-state index in [0.717, 1.165) is 5.56 Å². The number of anilines is 2. The summed E-state index contributed by atoms with van der Waals surface area (Å²) in [6.45, 7) is 1.52. The van der Waals surface area contributed by atoms with Gasteiger partial charge in [-0.1, -0.05) is 17.7 Å². The molecule has 0 bridgehead atoms. The number of hydrogen-bond donors (Lipinski definition) is 3. The number of carbonyl (C=O) groups excluding carboxylic acids is 3. The van der Waals surface area contributed by atoms with Crippen LogP contribution in [0.2, 0.25) is 0 Å². The molecule has 0 atom stereocenters. The van der Waals surface area contributed by atoms with Crippen molar-refractivity contribution < 1.29 is 18.8 Å². The van der Waals surface area contributed by atoms with Crippen LogP contribution < -0.4 is 16.0 Å². The highest BCUT2D eigenvalue weighted by molar-refractivity contribution is 6.39. The second-order valence-corrected chi connectivity index (χ2v) is 5.06. The molecule has 7 heteroatoms. The van der Waals surface area contributed by atoms with Gasteiger partial charge in [-0.15, -0.1) is 0 Å². The maximum Gasteiger partial charge on any atom is 0.313 e. The van der Waals surface area contributed by atoms with Crippen LogP contribution in [0.25, 0.3) is 0 Å². The summed E-state index contributed by atoms with van der Waals surface area (Å²) in [5.74, 6) is -2.74. The fourth-order valence-corrected chi connectivity index (χ4v) is 1.80. The number of rotatable bonds is 4. The SMILES string of the molecule is Cc1ccc(NC(=O)C(=O)NCC(=O)Nc2ccc(F)cc2)cc1. The third-order valence-corrected chi connectivity index (χ3v) is 3.05. The van der Waals surface area contributed by atoms with Crippen LogP contribution in [0.4, 0.5) is 15.8 Å². The number of halogens is 1. The molecule has 0 aliphatic rings. The Kier molecular flexibility index (Phi) is 5.62. The summed E-state index contributed by atoms with van der Waals surface area (Å²) >= 11 is 0. The van der Waals surface area contributed by atoms with Gasteiger partial charge >= 0.3 is 11.8 Å². The summed E-state index contributed by atoms with van der Waals surface area (Å²) < 4.78 is 12.8. The first-order chi connectivity index (χ1) is 11.4. The molecule has 0 unspecified atom stereocenters. The van der Waals surface area contributed by atoms with Crippen LogP contribution in [0, 0.1) is 12.7 Å². The molecule has 3 amide bonds. The van der Waals surface area contributed by atoms with Crippen molar-refractivity contribution in [3.63, 3.8) is 0 Å². The minimum atomic E-state index is -0.926. The zero-order valence-corrected chi connectivity index (χ0v) is 12.9. The standard InChI is InChI=1S/C17H16FN3O3/c1-11-2-6-14(7-3-11)21-17(24)16(23)19-10-15(22)20-13-8-4-12(18)5-9-13/h2-9H,10H2,1H3,(H,19,23)(H,20,22)(H,21,24). The van der Waals surface area contributed by atoms with E-state index < -0.39 is 23.5 Å². The number of carbonyl (C=O) groups is 3. The average Bonchev–Trinajstić information content (AvgIpc) is 2.57. The van der Waals surface area contributed by atoms with E-state index in [1.165, 1.54) is 24.3 Å². The molecule has 3 N–H and O–H groups in total. The summed E-state index contributed by atoms with van der Waals surface area (Å²) in [6.07, 6.45) is 0. The van der Waals surface area contributed by atoms with E-state index in [1.807, 2.05) is 6.92 Å². The van der Waals surface area contributed by atoms with Gasteiger partial charge < -0.3 is 16.0 Å². The maximum absolute atomic E-state index is 12.8. The summed E-state index contributed by atoms with van der Waals surface area (Å²) in [7, 11) is 0. The summed E-state index contributed by atoms with van der Waals surface area (Å²) in [5, 5.41) is 7.10. The Morgan fingerprint density at radius 3 is 2.00 bits per heavy atom. The van der Waals surface area contributed by atoms with Crippen LogP contribution in [0.1, 0.15) is 5.56 Å². The molecule has 24 heavy (non-hydrogen) atoms. The van der Waals surface area contributed by atoms with E-state index >= 15 is 0 Å². The smallest absolute Gasteiger partial charge is 0.313 e. The molecule has 124 valence electrons. The van der Waals surface area contributed by atoms with Gasteiger partial charge in [-0.05, 0) is 43.3 Å². The lowest BCUT2D eigenvalue weighted by Gasteiger charge is -2.08. The first-order valence-electron chi connectivity index (χ1n) is 7.15. The number of benzene rings is 2. The zero-order valence-electron chi connectivity index (χ0n) is 12.9. The van der Waals surface area contributed by atoms with Crippen molar-refractivity contribution in [3.8, 4) is 0 Å². The van der Waals surface area contributed by atoms with Crippen molar-refractivity contribution in [2.45, 2.75) is 6.92 Å². The monoisotopic (exact) mass is 329 g/mol. The third kappa shape index (κ3) is 5.20. The molecule has 0 aliphatic heterocycles. The Morgan fingerprint density at radius 1 is 0.833 bits per heavy atom. The Hall–Kier alpha value is -3.22. The lowest BCUT2D eigenvalue weighted by atomic mass is 10.2. The minimum Gasteiger partial charge on any atom is -0.339 e. The summed E-state index contributed by atoms with van der Waals surface area (Å²) in [5.41, 5.74) is 1.89. The van der Waals surface area contributed by atoms with Crippen LogP contribution in [0.15, 0.2) is 48.5 Å². The molecule has 0 aliphatic carbocycles. The van der Waals surface area contributed by atoms with E-state index in [-0.39, 0.29) is 6.54 Å². The van der Waals surface area contributed by atoms with Crippen molar-refractivity contribution in [1.29, 1.82) is 0 Å². The van der Waals surface area contributed by atoms with E-state index in [1.54, 1.807) is 24.3 Å². The van der Waals surface area contributed by atoms with E-state index in [2.05, 4.69) is 16.0 Å². The van der Waals surface area contributed by atoms with Crippen molar-refractivity contribution in [2.75, 3.05) is 17.2 Å².